The van der Waals surface area contributed by atoms with Gasteiger partial charge in [0.1, 0.15) is 0 Å². The summed E-state index contributed by atoms with van der Waals surface area (Å²) in [4.78, 5) is 0.707. The van der Waals surface area contributed by atoms with E-state index in [9.17, 15) is 8.22 Å². The normalized spacial score (nSPS) is 16.7. The molecule has 0 aliphatic heterocycles. The van der Waals surface area contributed by atoms with E-state index in [4.69, 9.17) is 15.1 Å². The van der Waals surface area contributed by atoms with Gasteiger partial charge in [-0.2, -0.15) is 0 Å². The maximum Gasteiger partial charge on any atom is 0.0651 e. The molecule has 0 amide bonds. The summed E-state index contributed by atoms with van der Waals surface area (Å²) in [6, 6.07) is 7.00. The molecule has 0 atom stereocenters. The SMILES string of the molecule is [2H]c1c([2H])c([2H])c(-c2c([2H])c([2H])c(N(c3c([2H])c([2H])c(-c4ccccc4)c([2H])c3[2H])c3c([2H])c([2H])c([2H])c(-c4cccc5ccccc45)c3[2H])c([2H])c2[2H])c([2H])c1[2H]. The monoisotopic (exact) mass is 540 g/mol. The minimum absolute atomic E-state index is 0.119. The number of anilines is 3. The molecule has 0 bridgehead atoms. The van der Waals surface area contributed by atoms with Crippen molar-refractivity contribution in [2.75, 3.05) is 4.90 Å². The van der Waals surface area contributed by atoms with Crippen LogP contribution >= 0.6 is 0 Å². The van der Waals surface area contributed by atoms with Crippen LogP contribution in [0.15, 0.2) is 176 Å². The van der Waals surface area contributed by atoms with Gasteiger partial charge in [0.25, 0.3) is 0 Å². The Morgan fingerprint density at radius 2 is 0.976 bits per heavy atom. The molecule has 0 saturated heterocycles. The van der Waals surface area contributed by atoms with Gasteiger partial charge < -0.3 is 4.90 Å². The Morgan fingerprint density at radius 1 is 0.390 bits per heavy atom. The molecule has 0 saturated carbocycles. The topological polar surface area (TPSA) is 3.24 Å². The lowest BCUT2D eigenvalue weighted by molar-refractivity contribution is 1.28. The van der Waals surface area contributed by atoms with Gasteiger partial charge in [0, 0.05) is 17.1 Å². The van der Waals surface area contributed by atoms with Crippen LogP contribution in [0.1, 0.15) is 23.3 Å². The van der Waals surface area contributed by atoms with Crippen LogP contribution in [0.2, 0.25) is 0 Å². The second-order valence-electron chi connectivity index (χ2n) is 8.90. The molecule has 1 nitrogen and oxygen atoms in total. The van der Waals surface area contributed by atoms with E-state index < -0.39 is 131 Å². The molecular formula is C40H29N. The van der Waals surface area contributed by atoms with Crippen LogP contribution in [-0.2, 0) is 0 Å². The first kappa shape index (κ1) is 12.4. The molecule has 0 spiro atoms. The quantitative estimate of drug-likeness (QED) is 0.203. The summed E-state index contributed by atoms with van der Waals surface area (Å²) in [5.74, 6) is 0. The number of rotatable bonds is 6. The summed E-state index contributed by atoms with van der Waals surface area (Å²) in [5, 5.41) is 1.27. The lowest BCUT2D eigenvalue weighted by atomic mass is 9.97. The number of hydrogen-bond acceptors (Lipinski definition) is 1. The van der Waals surface area contributed by atoms with Crippen LogP contribution < -0.4 is 4.90 Å². The third kappa shape index (κ3) is 5.02. The predicted octanol–water partition coefficient (Wildman–Crippen LogP) is 11.3. The Morgan fingerprint density at radius 3 is 1.71 bits per heavy atom. The summed E-state index contributed by atoms with van der Waals surface area (Å²) in [7, 11) is 0. The molecule has 0 heterocycles. The van der Waals surface area contributed by atoms with E-state index in [1.807, 2.05) is 0 Å². The van der Waals surface area contributed by atoms with Crippen molar-refractivity contribution in [3.8, 4) is 33.4 Å². The van der Waals surface area contributed by atoms with Crippen LogP contribution in [-0.4, -0.2) is 0 Å². The second kappa shape index (κ2) is 11.0. The Hall–Kier alpha value is -5.40. The zero-order chi connectivity index (χ0) is 42.2. The molecule has 7 rings (SSSR count). The Kier molecular flexibility index (Phi) is 3.33. The minimum atomic E-state index is -0.959. The molecule has 1 heteroatoms. The van der Waals surface area contributed by atoms with Gasteiger partial charge in [-0.25, -0.2) is 0 Å². The van der Waals surface area contributed by atoms with Gasteiger partial charge in [-0.05, 0) is 80.4 Å². The predicted molar refractivity (Wildman–Crippen MR) is 175 cm³/mol. The highest BCUT2D eigenvalue weighted by Gasteiger charge is 2.15. The van der Waals surface area contributed by atoms with Crippen LogP contribution in [0.4, 0.5) is 17.1 Å². The minimum Gasteiger partial charge on any atom is -0.310 e. The first-order valence-corrected chi connectivity index (χ1v) is 12.7. The highest BCUT2D eigenvalue weighted by atomic mass is 15.1. The molecule has 0 unspecified atom stereocenters. The van der Waals surface area contributed by atoms with Crippen LogP contribution in [0.3, 0.4) is 0 Å². The van der Waals surface area contributed by atoms with Gasteiger partial charge in [0.15, 0.2) is 0 Å². The van der Waals surface area contributed by atoms with E-state index in [0.717, 1.165) is 0 Å². The first-order chi connectivity index (χ1) is 27.4. The van der Waals surface area contributed by atoms with Crippen molar-refractivity contribution in [2.24, 2.45) is 0 Å². The van der Waals surface area contributed by atoms with Gasteiger partial charge in [0.05, 0.1) is 23.3 Å². The molecule has 0 aromatic heterocycles. The molecule has 0 aliphatic carbocycles. The summed E-state index contributed by atoms with van der Waals surface area (Å²) in [5.41, 5.74) is -3.15. The molecule has 0 radical (unpaired) electrons. The molecular weight excluding hydrogens is 494 g/mol. The zero-order valence-corrected chi connectivity index (χ0v) is 21.4. The van der Waals surface area contributed by atoms with Gasteiger partial charge in [-0.3, -0.25) is 0 Å². The standard InChI is InChI=1S/C40H29N/c1-3-11-30(12-4-1)32-21-25-36(26-22-32)41(37-27-23-33(24-28-37)31-13-5-2-6-14-31)38-18-9-17-35(29-38)40-20-10-16-34-15-7-8-19-39(34)40/h1-29H/i1D,3D,4D,9D,11D,12D,17D,18D,21D,22D,23D,24D,25D,26D,27D,28D,29D. The van der Waals surface area contributed by atoms with E-state index in [0.29, 0.717) is 21.2 Å². The van der Waals surface area contributed by atoms with Crippen molar-refractivity contribution in [3.05, 3.63) is 176 Å². The average molecular weight is 541 g/mol. The van der Waals surface area contributed by atoms with Gasteiger partial charge in [-0.1, -0.05) is 139 Å². The molecule has 0 fully saturated rings. The summed E-state index contributed by atoms with van der Waals surface area (Å²) < 4.78 is 152. The molecule has 41 heavy (non-hydrogen) atoms. The summed E-state index contributed by atoms with van der Waals surface area (Å²) >= 11 is 0. The largest absolute Gasteiger partial charge is 0.310 e. The molecule has 7 aromatic rings. The third-order valence-electron chi connectivity index (χ3n) is 6.38. The fraction of sp³-hybridized carbons (Fsp3) is 0. The van der Waals surface area contributed by atoms with Gasteiger partial charge in [0.2, 0.25) is 0 Å². The number of nitrogens with zero attached hydrogens (tertiary/aromatic N) is 1. The zero-order valence-electron chi connectivity index (χ0n) is 38.4. The van der Waals surface area contributed by atoms with Gasteiger partial charge in [-0.15, -0.1) is 0 Å². The van der Waals surface area contributed by atoms with E-state index >= 15 is 0 Å². The van der Waals surface area contributed by atoms with Crippen LogP contribution in [0.5, 0.6) is 0 Å². The number of benzene rings is 7. The molecule has 0 N–H and O–H groups in total. The van der Waals surface area contributed by atoms with Crippen LogP contribution in [0, 0.1) is 0 Å². The van der Waals surface area contributed by atoms with Gasteiger partial charge >= 0.3 is 0 Å². The number of hydrogen-bond donors (Lipinski definition) is 0. The summed E-state index contributed by atoms with van der Waals surface area (Å²) in [6.07, 6.45) is 0. The lowest BCUT2D eigenvalue weighted by Gasteiger charge is -2.26. The van der Waals surface area contributed by atoms with Crippen LogP contribution in [0.25, 0.3) is 44.2 Å². The van der Waals surface area contributed by atoms with Crippen molar-refractivity contribution in [3.63, 3.8) is 0 Å². The van der Waals surface area contributed by atoms with Crippen molar-refractivity contribution in [1.82, 2.24) is 0 Å². The van der Waals surface area contributed by atoms with E-state index in [2.05, 4.69) is 0 Å². The fourth-order valence-corrected chi connectivity index (χ4v) is 4.44. The van der Waals surface area contributed by atoms with Crippen molar-refractivity contribution in [1.29, 1.82) is 0 Å². The maximum atomic E-state index is 9.63. The lowest BCUT2D eigenvalue weighted by Crippen LogP contribution is -2.10. The Bertz CT molecular complexity index is 2780. The smallest absolute Gasteiger partial charge is 0.0651 e. The van der Waals surface area contributed by atoms with E-state index in [1.54, 1.807) is 72.8 Å². The number of fused-ring (bicyclic) bond motifs is 1. The Balaban J connectivity index is 1.66. The van der Waals surface area contributed by atoms with Crippen molar-refractivity contribution in [2.45, 2.75) is 0 Å². The fourth-order valence-electron chi connectivity index (χ4n) is 4.44. The molecule has 0 aliphatic rings. The highest BCUT2D eigenvalue weighted by Crippen LogP contribution is 2.39. The maximum absolute atomic E-state index is 9.63. The van der Waals surface area contributed by atoms with Crippen molar-refractivity contribution < 1.29 is 23.3 Å². The third-order valence-corrected chi connectivity index (χ3v) is 6.38. The molecule has 194 valence electrons. The summed E-state index contributed by atoms with van der Waals surface area (Å²) in [6.45, 7) is 0. The van der Waals surface area contributed by atoms with E-state index in [-0.39, 0.29) is 16.7 Å². The second-order valence-corrected chi connectivity index (χ2v) is 8.90. The first-order valence-electron chi connectivity index (χ1n) is 21.2. The molecule has 7 aromatic carbocycles. The average Bonchev–Trinajstić information content (AvgIpc) is 3.21. The van der Waals surface area contributed by atoms with Crippen molar-refractivity contribution >= 4 is 27.8 Å². The highest BCUT2D eigenvalue weighted by molar-refractivity contribution is 5.97. The van der Waals surface area contributed by atoms with E-state index in [1.165, 1.54) is 0 Å². The Labute approximate surface area is 265 Å².